The summed E-state index contributed by atoms with van der Waals surface area (Å²) in [6, 6.07) is 5.32. The van der Waals surface area contributed by atoms with E-state index in [9.17, 15) is 9.59 Å². The second-order valence-electron chi connectivity index (χ2n) is 8.28. The Hall–Kier alpha value is -2.16. The summed E-state index contributed by atoms with van der Waals surface area (Å²) < 4.78 is 16.7. The number of anilines is 1. The van der Waals surface area contributed by atoms with E-state index in [0.717, 1.165) is 19.5 Å². The molecule has 31 heavy (non-hydrogen) atoms. The fraction of sp³-hybridized carbons (Fsp3) is 0.652. The van der Waals surface area contributed by atoms with E-state index >= 15 is 0 Å². The number of hydrogen-bond donors (Lipinski definition) is 1. The van der Waals surface area contributed by atoms with Crippen LogP contribution in [0.4, 0.5) is 5.69 Å². The second-order valence-corrected chi connectivity index (χ2v) is 8.28. The number of carbonyl (C=O) groups excluding carboxylic acids is 2. The first-order valence-electron chi connectivity index (χ1n) is 10.9. The van der Waals surface area contributed by atoms with Gasteiger partial charge in [0, 0.05) is 46.1 Å². The molecule has 2 amide bonds. The van der Waals surface area contributed by atoms with Crippen LogP contribution in [0.3, 0.4) is 0 Å². The molecule has 174 valence electrons. The molecule has 3 atom stereocenters. The summed E-state index contributed by atoms with van der Waals surface area (Å²) in [6.45, 7) is 9.18. The maximum atomic E-state index is 13.3. The van der Waals surface area contributed by atoms with E-state index in [1.54, 1.807) is 37.3 Å². The minimum absolute atomic E-state index is 0.0559. The van der Waals surface area contributed by atoms with Gasteiger partial charge in [-0.1, -0.05) is 13.8 Å². The Bertz CT molecular complexity index is 742. The molecule has 1 aromatic rings. The summed E-state index contributed by atoms with van der Waals surface area (Å²) in [5.41, 5.74) is 0.936. The summed E-state index contributed by atoms with van der Waals surface area (Å²) in [7, 11) is 4.92. The molecule has 0 bridgehead atoms. The Labute approximate surface area is 185 Å². The largest absolute Gasteiger partial charge is 0.491 e. The first-order valence-corrected chi connectivity index (χ1v) is 10.9. The Kier molecular flexibility index (Phi) is 9.74. The molecule has 0 saturated heterocycles. The Balaban J connectivity index is 2.38. The average molecular weight is 436 g/mol. The van der Waals surface area contributed by atoms with Crippen LogP contribution < -0.4 is 10.1 Å². The van der Waals surface area contributed by atoms with Gasteiger partial charge in [0.15, 0.2) is 0 Å². The molecule has 1 N–H and O–H groups in total. The minimum Gasteiger partial charge on any atom is -0.491 e. The van der Waals surface area contributed by atoms with E-state index < -0.39 is 0 Å². The van der Waals surface area contributed by atoms with Gasteiger partial charge in [0.05, 0.1) is 11.7 Å². The van der Waals surface area contributed by atoms with Crippen LogP contribution in [0.2, 0.25) is 0 Å². The number of nitrogens with one attached hydrogen (secondary N) is 1. The quantitative estimate of drug-likeness (QED) is 0.740. The third kappa shape index (κ3) is 6.92. The molecule has 0 aliphatic carbocycles. The highest BCUT2D eigenvalue weighted by Crippen LogP contribution is 2.26. The van der Waals surface area contributed by atoms with Gasteiger partial charge in [-0.05, 0) is 44.0 Å². The van der Waals surface area contributed by atoms with Crippen molar-refractivity contribution in [2.75, 3.05) is 59.4 Å². The summed E-state index contributed by atoms with van der Waals surface area (Å²) >= 11 is 0. The minimum atomic E-state index is -0.283. The summed E-state index contributed by atoms with van der Waals surface area (Å²) in [5.74, 6) is 0.292. The summed E-state index contributed by atoms with van der Waals surface area (Å²) in [4.78, 5) is 29.3. The second kappa shape index (κ2) is 12.0. The van der Waals surface area contributed by atoms with Crippen molar-refractivity contribution >= 4 is 17.5 Å². The van der Waals surface area contributed by atoms with Crippen molar-refractivity contribution in [2.45, 2.75) is 39.3 Å². The number of methoxy groups -OCH3 is 2. The third-order valence-electron chi connectivity index (χ3n) is 5.64. The molecule has 0 unspecified atom stereocenters. The topological polar surface area (TPSA) is 80.3 Å². The number of hydrogen-bond acceptors (Lipinski definition) is 6. The van der Waals surface area contributed by atoms with E-state index in [0.29, 0.717) is 30.2 Å². The van der Waals surface area contributed by atoms with Crippen molar-refractivity contribution in [3.63, 3.8) is 0 Å². The molecule has 0 radical (unpaired) electrons. The normalized spacial score (nSPS) is 23.4. The van der Waals surface area contributed by atoms with Crippen LogP contribution >= 0.6 is 0 Å². The number of carbonyl (C=O) groups is 2. The number of rotatable bonds is 6. The smallest absolute Gasteiger partial charge is 0.257 e. The van der Waals surface area contributed by atoms with E-state index in [4.69, 9.17) is 14.2 Å². The van der Waals surface area contributed by atoms with Crippen molar-refractivity contribution in [1.82, 2.24) is 9.80 Å². The fourth-order valence-corrected chi connectivity index (χ4v) is 3.86. The maximum absolute atomic E-state index is 13.3. The van der Waals surface area contributed by atoms with Crippen LogP contribution in [0.25, 0.3) is 0 Å². The van der Waals surface area contributed by atoms with Gasteiger partial charge in [0.1, 0.15) is 19.0 Å². The van der Waals surface area contributed by atoms with E-state index in [1.807, 2.05) is 0 Å². The number of fused-ring (bicyclic) bond motifs is 1. The lowest BCUT2D eigenvalue weighted by atomic mass is 10.0. The van der Waals surface area contributed by atoms with Crippen LogP contribution in [0.1, 0.15) is 37.6 Å². The fourth-order valence-electron chi connectivity index (χ4n) is 3.86. The van der Waals surface area contributed by atoms with Crippen LogP contribution in [0.5, 0.6) is 5.75 Å². The lowest BCUT2D eigenvalue weighted by Crippen LogP contribution is -2.46. The van der Waals surface area contributed by atoms with Gasteiger partial charge in [0.25, 0.3) is 5.91 Å². The van der Waals surface area contributed by atoms with Crippen molar-refractivity contribution in [3.8, 4) is 5.75 Å². The van der Waals surface area contributed by atoms with Crippen LogP contribution in [-0.4, -0.2) is 87.9 Å². The molecule has 0 fully saturated rings. The highest BCUT2D eigenvalue weighted by atomic mass is 16.5. The lowest BCUT2D eigenvalue weighted by Gasteiger charge is -2.35. The molecule has 0 saturated carbocycles. The molecular weight excluding hydrogens is 398 g/mol. The van der Waals surface area contributed by atoms with Gasteiger partial charge >= 0.3 is 0 Å². The molecule has 0 spiro atoms. The summed E-state index contributed by atoms with van der Waals surface area (Å²) in [5, 5.41) is 2.75. The summed E-state index contributed by atoms with van der Waals surface area (Å²) in [6.07, 6.45) is 0.961. The van der Waals surface area contributed by atoms with E-state index in [2.05, 4.69) is 31.0 Å². The number of amides is 2. The number of ether oxygens (including phenoxy) is 3. The lowest BCUT2D eigenvalue weighted by molar-refractivity contribution is -0.119. The van der Waals surface area contributed by atoms with Crippen LogP contribution in [-0.2, 0) is 14.3 Å². The molecular formula is C23H37N3O5. The zero-order chi connectivity index (χ0) is 23.0. The Morgan fingerprint density at radius 2 is 2.00 bits per heavy atom. The molecule has 1 aliphatic heterocycles. The number of nitrogens with zero attached hydrogens (tertiary/aromatic N) is 2. The molecule has 8 nitrogen and oxygen atoms in total. The van der Waals surface area contributed by atoms with Gasteiger partial charge in [-0.25, -0.2) is 0 Å². The average Bonchev–Trinajstić information content (AvgIpc) is 2.74. The molecule has 0 aromatic heterocycles. The highest BCUT2D eigenvalue weighted by molar-refractivity contribution is 5.99. The number of likely N-dealkylation sites (N-methyl/N-ethyl adjacent to an activating group) is 1. The molecule has 1 aromatic carbocycles. The molecule has 1 aliphatic rings. The van der Waals surface area contributed by atoms with Crippen molar-refractivity contribution < 1.29 is 23.8 Å². The molecule has 1 heterocycles. The van der Waals surface area contributed by atoms with Gasteiger partial charge < -0.3 is 24.4 Å². The SMILES string of the molecule is CCCN1C[C@@H](C)[C@@H](OC)CN(C)C(=O)c2cc(NC(=O)COC)ccc2OC[C@@H]1C. The Morgan fingerprint density at radius 3 is 2.65 bits per heavy atom. The Morgan fingerprint density at radius 1 is 1.26 bits per heavy atom. The monoisotopic (exact) mass is 435 g/mol. The van der Waals surface area contributed by atoms with Gasteiger partial charge in [-0.2, -0.15) is 0 Å². The van der Waals surface area contributed by atoms with Crippen molar-refractivity contribution in [1.29, 1.82) is 0 Å². The standard InChI is InChI=1S/C23H37N3O5/c1-7-10-26-12-16(2)21(30-6)13-25(4)23(28)19-11-18(24-22(27)15-29-5)8-9-20(19)31-14-17(26)3/h8-9,11,16-17,21H,7,10,12-15H2,1-6H3,(H,24,27)/t16-,17+,21+/m1/s1. The van der Waals surface area contributed by atoms with Gasteiger partial charge in [-0.15, -0.1) is 0 Å². The highest BCUT2D eigenvalue weighted by Gasteiger charge is 2.28. The van der Waals surface area contributed by atoms with Gasteiger partial charge in [0.2, 0.25) is 5.91 Å². The van der Waals surface area contributed by atoms with Crippen LogP contribution in [0.15, 0.2) is 18.2 Å². The predicted octanol–water partition coefficient (Wildman–Crippen LogP) is 2.49. The van der Waals surface area contributed by atoms with E-state index in [-0.39, 0.29) is 36.5 Å². The van der Waals surface area contributed by atoms with Gasteiger partial charge in [-0.3, -0.25) is 14.5 Å². The first kappa shape index (κ1) is 25.1. The van der Waals surface area contributed by atoms with Crippen LogP contribution in [0, 0.1) is 5.92 Å². The first-order chi connectivity index (χ1) is 14.8. The van der Waals surface area contributed by atoms with Crippen molar-refractivity contribution in [2.24, 2.45) is 5.92 Å². The molecule has 8 heteroatoms. The van der Waals surface area contributed by atoms with Crippen molar-refractivity contribution in [3.05, 3.63) is 23.8 Å². The van der Waals surface area contributed by atoms with E-state index in [1.165, 1.54) is 7.11 Å². The third-order valence-corrected chi connectivity index (χ3v) is 5.64. The number of benzene rings is 1. The predicted molar refractivity (Wildman–Crippen MR) is 121 cm³/mol. The maximum Gasteiger partial charge on any atom is 0.257 e. The molecule has 2 rings (SSSR count). The zero-order valence-corrected chi connectivity index (χ0v) is 19.6. The zero-order valence-electron chi connectivity index (χ0n) is 19.6.